The Labute approximate surface area is 193 Å². The fourth-order valence-corrected chi connectivity index (χ4v) is 4.54. The van der Waals surface area contributed by atoms with Gasteiger partial charge in [-0.05, 0) is 60.6 Å². The number of ether oxygens (including phenoxy) is 2. The summed E-state index contributed by atoms with van der Waals surface area (Å²) in [4.78, 5) is 21.9. The maximum atomic E-state index is 11.7. The maximum absolute atomic E-state index is 11.7. The molecule has 0 atom stereocenters. The fraction of sp³-hybridized carbons (Fsp3) is 0.609. The van der Waals surface area contributed by atoms with Crippen LogP contribution >= 0.6 is 11.8 Å². The molecule has 1 rings (SSSR count). The van der Waals surface area contributed by atoms with Crippen molar-refractivity contribution in [2.45, 2.75) is 45.1 Å². The normalized spacial score (nSPS) is 11.5. The molecule has 0 heterocycles. The molecule has 31 heavy (non-hydrogen) atoms. The van der Waals surface area contributed by atoms with E-state index in [0.717, 1.165) is 36.5 Å². The van der Waals surface area contributed by atoms with Crippen LogP contribution in [0.15, 0.2) is 30.3 Å². The van der Waals surface area contributed by atoms with Crippen molar-refractivity contribution in [3.63, 3.8) is 0 Å². The lowest BCUT2D eigenvalue weighted by Crippen LogP contribution is -2.09. The molecule has 0 fully saturated rings. The Morgan fingerprint density at radius 1 is 0.968 bits per heavy atom. The molecule has 0 aliphatic carbocycles. The van der Waals surface area contributed by atoms with E-state index in [9.17, 15) is 4.79 Å². The van der Waals surface area contributed by atoms with Crippen LogP contribution in [0.2, 0.25) is 6.04 Å². The number of thioether (sulfide) groups is 1. The van der Waals surface area contributed by atoms with Crippen LogP contribution in [0, 0.1) is 0 Å². The third-order valence-corrected chi connectivity index (χ3v) is 6.56. The number of hydrogen-bond donors (Lipinski definition) is 0. The topological polar surface area (TPSA) is 63.2 Å². The molecule has 0 N–H and O–H groups in total. The predicted octanol–water partition coefficient (Wildman–Crippen LogP) is 4.42. The third kappa shape index (κ3) is 17.0. The Morgan fingerprint density at radius 3 is 2.52 bits per heavy atom. The molecule has 6 nitrogen and oxygen atoms in total. The molecule has 0 saturated carbocycles. The standard InChI is InChI=1S/C23H38O6SSi/c1-3-4-5-14-26-22-11-8-21(9-12-22)10-13-23(24)27-16-17-29-28-15-6-18-30-19-7-20-31-25-2/h8-13H,3-7,14-20,31H2,1-2H3. The molecule has 0 bridgehead atoms. The molecule has 0 aromatic heterocycles. The maximum Gasteiger partial charge on any atom is 0.330 e. The van der Waals surface area contributed by atoms with Gasteiger partial charge in [0.2, 0.25) is 0 Å². The zero-order valence-corrected chi connectivity index (χ0v) is 21.2. The molecule has 1 aromatic rings. The first-order valence-corrected chi connectivity index (χ1v) is 13.9. The summed E-state index contributed by atoms with van der Waals surface area (Å²) in [5.41, 5.74) is 0.913. The van der Waals surface area contributed by atoms with E-state index in [2.05, 4.69) is 6.92 Å². The van der Waals surface area contributed by atoms with E-state index in [-0.39, 0.29) is 23.0 Å². The van der Waals surface area contributed by atoms with Crippen molar-refractivity contribution in [1.29, 1.82) is 0 Å². The zero-order chi connectivity index (χ0) is 22.4. The summed E-state index contributed by atoms with van der Waals surface area (Å²) in [6.45, 7) is 3.83. The van der Waals surface area contributed by atoms with Crippen molar-refractivity contribution in [1.82, 2.24) is 0 Å². The van der Waals surface area contributed by atoms with Gasteiger partial charge in [-0.25, -0.2) is 14.6 Å². The molecule has 0 saturated heterocycles. The van der Waals surface area contributed by atoms with Gasteiger partial charge in [0.15, 0.2) is 9.76 Å². The molecule has 0 radical (unpaired) electrons. The largest absolute Gasteiger partial charge is 0.494 e. The monoisotopic (exact) mass is 470 g/mol. The van der Waals surface area contributed by atoms with Crippen LogP contribution in [-0.2, 0) is 23.7 Å². The molecule has 176 valence electrons. The number of benzene rings is 1. The van der Waals surface area contributed by atoms with Crippen LogP contribution in [0.4, 0.5) is 0 Å². The lowest BCUT2D eigenvalue weighted by atomic mass is 10.2. The SMILES string of the molecule is CCCCCOc1ccc(C=CC(=O)OCCOOCCCSCCC[SiH2]OC)cc1. The van der Waals surface area contributed by atoms with E-state index in [1.807, 2.05) is 36.0 Å². The highest BCUT2D eigenvalue weighted by molar-refractivity contribution is 7.99. The number of hydrogen-bond acceptors (Lipinski definition) is 7. The summed E-state index contributed by atoms with van der Waals surface area (Å²) in [5, 5.41) is 0. The Hall–Kier alpha value is -1.32. The lowest BCUT2D eigenvalue weighted by molar-refractivity contribution is -0.297. The molecule has 0 aliphatic rings. The molecular weight excluding hydrogens is 432 g/mol. The van der Waals surface area contributed by atoms with Gasteiger partial charge in [-0.15, -0.1) is 0 Å². The van der Waals surface area contributed by atoms with Gasteiger partial charge in [-0.1, -0.05) is 31.9 Å². The van der Waals surface area contributed by atoms with Gasteiger partial charge in [0.25, 0.3) is 0 Å². The van der Waals surface area contributed by atoms with Crippen LogP contribution < -0.4 is 4.74 Å². The summed E-state index contributed by atoms with van der Waals surface area (Å²) in [5.74, 6) is 2.67. The lowest BCUT2D eigenvalue weighted by Gasteiger charge is -2.06. The number of esters is 1. The van der Waals surface area contributed by atoms with E-state index in [0.29, 0.717) is 6.61 Å². The van der Waals surface area contributed by atoms with Gasteiger partial charge in [0.1, 0.15) is 19.0 Å². The predicted molar refractivity (Wildman–Crippen MR) is 130 cm³/mol. The second kappa shape index (κ2) is 20.6. The van der Waals surface area contributed by atoms with Crippen LogP contribution in [0.1, 0.15) is 44.6 Å². The first kappa shape index (κ1) is 27.7. The highest BCUT2D eigenvalue weighted by atomic mass is 32.2. The zero-order valence-electron chi connectivity index (χ0n) is 19.0. The van der Waals surface area contributed by atoms with E-state index in [1.165, 1.54) is 37.1 Å². The van der Waals surface area contributed by atoms with Gasteiger partial charge >= 0.3 is 5.97 Å². The minimum absolute atomic E-state index is 0.159. The third-order valence-electron chi connectivity index (χ3n) is 4.21. The Kier molecular flexibility index (Phi) is 18.4. The van der Waals surface area contributed by atoms with Crippen molar-refractivity contribution in [2.24, 2.45) is 0 Å². The Balaban J connectivity index is 1.98. The second-order valence-corrected chi connectivity index (χ2v) is 9.85. The molecule has 0 aliphatic heterocycles. The second-order valence-electron chi connectivity index (χ2n) is 6.94. The quantitative estimate of drug-likeness (QED) is 0.0698. The van der Waals surface area contributed by atoms with E-state index < -0.39 is 5.97 Å². The van der Waals surface area contributed by atoms with Gasteiger partial charge in [0, 0.05) is 13.2 Å². The van der Waals surface area contributed by atoms with Crippen LogP contribution in [-0.4, -0.2) is 60.8 Å². The van der Waals surface area contributed by atoms with Crippen molar-refractivity contribution >= 4 is 33.6 Å². The minimum Gasteiger partial charge on any atom is -0.494 e. The fourth-order valence-electron chi connectivity index (χ4n) is 2.50. The average Bonchev–Trinajstić information content (AvgIpc) is 2.79. The smallest absolute Gasteiger partial charge is 0.330 e. The number of unbranched alkanes of at least 4 members (excludes halogenated alkanes) is 2. The average molecular weight is 471 g/mol. The number of carbonyl (C=O) groups excluding carboxylic acids is 1. The molecule has 0 spiro atoms. The van der Waals surface area contributed by atoms with Crippen molar-refractivity contribution in [3.8, 4) is 5.75 Å². The summed E-state index contributed by atoms with van der Waals surface area (Å²) < 4.78 is 15.9. The number of rotatable bonds is 20. The van der Waals surface area contributed by atoms with Crippen LogP contribution in [0.3, 0.4) is 0 Å². The van der Waals surface area contributed by atoms with Crippen molar-refractivity contribution in [3.05, 3.63) is 35.9 Å². The first-order chi connectivity index (χ1) is 15.3. The summed E-state index contributed by atoms with van der Waals surface area (Å²) in [7, 11) is 1.53. The Morgan fingerprint density at radius 2 is 1.74 bits per heavy atom. The van der Waals surface area contributed by atoms with Crippen molar-refractivity contribution < 1.29 is 28.5 Å². The van der Waals surface area contributed by atoms with Gasteiger partial charge in [-0.3, -0.25) is 0 Å². The van der Waals surface area contributed by atoms with Gasteiger partial charge in [0.05, 0.1) is 13.2 Å². The Bertz CT molecular complexity index is 582. The number of carbonyl (C=O) groups is 1. The highest BCUT2D eigenvalue weighted by Gasteiger charge is 1.99. The van der Waals surface area contributed by atoms with E-state index in [1.54, 1.807) is 13.2 Å². The summed E-state index contributed by atoms with van der Waals surface area (Å²) >= 11 is 1.93. The van der Waals surface area contributed by atoms with Crippen LogP contribution in [0.25, 0.3) is 6.08 Å². The summed E-state index contributed by atoms with van der Waals surface area (Å²) in [6, 6.07) is 8.88. The van der Waals surface area contributed by atoms with Gasteiger partial charge in [-0.2, -0.15) is 11.8 Å². The van der Waals surface area contributed by atoms with E-state index >= 15 is 0 Å². The molecule has 0 amide bonds. The first-order valence-electron chi connectivity index (χ1n) is 11.1. The minimum atomic E-state index is -0.406. The van der Waals surface area contributed by atoms with Crippen LogP contribution in [0.5, 0.6) is 5.75 Å². The summed E-state index contributed by atoms with van der Waals surface area (Å²) in [6.07, 6.45) is 8.72. The van der Waals surface area contributed by atoms with Crippen molar-refractivity contribution in [2.75, 3.05) is 45.0 Å². The van der Waals surface area contributed by atoms with Gasteiger partial charge < -0.3 is 13.9 Å². The molecule has 8 heteroatoms. The molecular formula is C23H38O6SSi. The molecule has 1 aromatic carbocycles. The molecule has 0 unspecified atom stereocenters. The highest BCUT2D eigenvalue weighted by Crippen LogP contribution is 2.14. The van der Waals surface area contributed by atoms with E-state index in [4.69, 9.17) is 23.7 Å².